The van der Waals surface area contributed by atoms with E-state index in [-0.39, 0.29) is 0 Å². The molecule has 2 aliphatic heterocycles. The van der Waals surface area contributed by atoms with Gasteiger partial charge in [0, 0.05) is 25.2 Å². The summed E-state index contributed by atoms with van der Waals surface area (Å²) < 4.78 is 0. The first-order chi connectivity index (χ1) is 13.9. The van der Waals surface area contributed by atoms with Crippen LogP contribution in [0.15, 0.2) is 67.0 Å². The lowest BCUT2D eigenvalue weighted by Gasteiger charge is -2.38. The Morgan fingerprint density at radius 3 is 2.54 bits per heavy atom. The molecule has 2 aromatic heterocycles. The topological polar surface area (TPSA) is 29.0 Å². The lowest BCUT2D eigenvalue weighted by Crippen LogP contribution is -2.26. The third-order valence-electron chi connectivity index (χ3n) is 6.36. The predicted molar refractivity (Wildman–Crippen MR) is 111 cm³/mol. The van der Waals surface area contributed by atoms with Gasteiger partial charge in [-0.2, -0.15) is 0 Å². The first-order valence-electron chi connectivity index (χ1n) is 9.82. The van der Waals surface area contributed by atoms with Crippen LogP contribution in [-0.4, -0.2) is 9.97 Å². The van der Waals surface area contributed by atoms with Gasteiger partial charge in [-0.1, -0.05) is 36.4 Å². The summed E-state index contributed by atoms with van der Waals surface area (Å²) in [7, 11) is 0. The highest BCUT2D eigenvalue weighted by Crippen LogP contribution is 2.54. The van der Waals surface area contributed by atoms with Crippen molar-refractivity contribution in [2.45, 2.75) is 19.3 Å². The molecule has 1 aliphatic carbocycles. The zero-order valence-electron chi connectivity index (χ0n) is 15.3. The van der Waals surface area contributed by atoms with Gasteiger partial charge in [0.2, 0.25) is 0 Å². The molecular weight excluding hydrogens is 342 g/mol. The molecule has 3 aliphatic rings. The number of anilines is 3. The van der Waals surface area contributed by atoms with Gasteiger partial charge in [-0.3, -0.25) is 9.88 Å². The summed E-state index contributed by atoms with van der Waals surface area (Å²) in [5.41, 5.74) is 13.5. The summed E-state index contributed by atoms with van der Waals surface area (Å²) in [6.07, 6.45) is 6.67. The van der Waals surface area contributed by atoms with Crippen LogP contribution in [0.4, 0.5) is 17.2 Å². The van der Waals surface area contributed by atoms with Crippen LogP contribution in [0.1, 0.15) is 33.5 Å². The predicted octanol–water partition coefficient (Wildman–Crippen LogP) is 5.33. The fourth-order valence-electron chi connectivity index (χ4n) is 5.29. The Kier molecular flexibility index (Phi) is 2.64. The minimum absolute atomic E-state index is 0.884. The van der Waals surface area contributed by atoms with Crippen LogP contribution in [0, 0.1) is 0 Å². The quantitative estimate of drug-likeness (QED) is 0.367. The van der Waals surface area contributed by atoms with E-state index < -0.39 is 0 Å². The third-order valence-corrected chi connectivity index (χ3v) is 6.36. The van der Waals surface area contributed by atoms with Crippen LogP contribution in [-0.2, 0) is 19.3 Å². The number of fused-ring (bicyclic) bond motifs is 8. The second-order valence-corrected chi connectivity index (χ2v) is 7.88. The number of benzene rings is 2. The molecule has 2 aromatic carbocycles. The third kappa shape index (κ3) is 1.74. The molecule has 4 heterocycles. The fraction of sp³-hybridized carbons (Fsp3) is 0.120. The molecule has 7 rings (SSSR count). The molecule has 0 N–H and O–H groups in total. The van der Waals surface area contributed by atoms with E-state index in [1.165, 1.54) is 50.3 Å². The maximum Gasteiger partial charge on any atom is 0.141 e. The number of hydrogen-bond acceptors (Lipinski definition) is 3. The van der Waals surface area contributed by atoms with E-state index in [1.54, 1.807) is 0 Å². The molecule has 0 radical (unpaired) electrons. The lowest BCUT2D eigenvalue weighted by molar-refractivity contribution is 0.949. The molecule has 3 heteroatoms. The van der Waals surface area contributed by atoms with E-state index in [4.69, 9.17) is 9.97 Å². The van der Waals surface area contributed by atoms with Gasteiger partial charge in [0.15, 0.2) is 0 Å². The van der Waals surface area contributed by atoms with Gasteiger partial charge in [0.1, 0.15) is 5.82 Å². The van der Waals surface area contributed by atoms with E-state index >= 15 is 0 Å². The van der Waals surface area contributed by atoms with Crippen molar-refractivity contribution in [3.8, 4) is 11.1 Å². The highest BCUT2D eigenvalue weighted by atomic mass is 15.2. The van der Waals surface area contributed by atoms with Gasteiger partial charge in [-0.25, -0.2) is 4.98 Å². The van der Waals surface area contributed by atoms with Gasteiger partial charge in [-0.15, -0.1) is 0 Å². The van der Waals surface area contributed by atoms with E-state index in [0.29, 0.717) is 0 Å². The molecule has 4 aromatic rings. The number of nitrogens with zero attached hydrogens (tertiary/aromatic N) is 3. The zero-order valence-corrected chi connectivity index (χ0v) is 15.3. The second kappa shape index (κ2) is 5.08. The normalized spacial score (nSPS) is 14.6. The van der Waals surface area contributed by atoms with Crippen molar-refractivity contribution in [1.82, 2.24) is 9.97 Å². The van der Waals surface area contributed by atoms with Gasteiger partial charge >= 0.3 is 0 Å². The zero-order chi connectivity index (χ0) is 18.2. The van der Waals surface area contributed by atoms with Crippen LogP contribution in [0.25, 0.3) is 11.1 Å². The highest BCUT2D eigenvalue weighted by Gasteiger charge is 2.36. The average Bonchev–Trinajstić information content (AvgIpc) is 3.11. The van der Waals surface area contributed by atoms with Crippen molar-refractivity contribution in [3.05, 3.63) is 101 Å². The molecule has 0 bridgehead atoms. The van der Waals surface area contributed by atoms with Gasteiger partial charge in [0.05, 0.1) is 17.1 Å². The maximum atomic E-state index is 4.78. The average molecular weight is 359 g/mol. The summed E-state index contributed by atoms with van der Waals surface area (Å²) >= 11 is 0. The van der Waals surface area contributed by atoms with Crippen molar-refractivity contribution in [2.24, 2.45) is 0 Å². The second-order valence-electron chi connectivity index (χ2n) is 7.88. The highest BCUT2D eigenvalue weighted by molar-refractivity contribution is 5.94. The number of rotatable bonds is 0. The Hall–Kier alpha value is -3.46. The molecule has 132 valence electrons. The molecule has 0 saturated heterocycles. The monoisotopic (exact) mass is 359 g/mol. The molecule has 0 unspecified atom stereocenters. The Morgan fingerprint density at radius 1 is 0.714 bits per heavy atom. The summed E-state index contributed by atoms with van der Waals surface area (Å²) in [4.78, 5) is 11.9. The first kappa shape index (κ1) is 14.6. The Labute approximate surface area is 163 Å². The van der Waals surface area contributed by atoms with Gasteiger partial charge in [0.25, 0.3) is 0 Å². The van der Waals surface area contributed by atoms with Crippen molar-refractivity contribution >= 4 is 17.2 Å². The molecule has 0 amide bonds. The first-order valence-corrected chi connectivity index (χ1v) is 9.82. The SMILES string of the molecule is c1ccc2c(c1)Cc1cc3c4c(c1-2)Cc1ncccc1N4c1ncccc1C3. The van der Waals surface area contributed by atoms with Gasteiger partial charge in [-0.05, 0) is 63.6 Å². The van der Waals surface area contributed by atoms with E-state index in [1.807, 2.05) is 24.5 Å². The molecular formula is C25H17N3. The molecule has 0 fully saturated rings. The van der Waals surface area contributed by atoms with Crippen molar-refractivity contribution in [3.63, 3.8) is 0 Å². The molecule has 3 nitrogen and oxygen atoms in total. The van der Waals surface area contributed by atoms with Crippen molar-refractivity contribution < 1.29 is 0 Å². The van der Waals surface area contributed by atoms with Crippen LogP contribution in [0.2, 0.25) is 0 Å². The van der Waals surface area contributed by atoms with Crippen LogP contribution in [0.3, 0.4) is 0 Å². The largest absolute Gasteiger partial charge is 0.292 e. The Morgan fingerprint density at radius 2 is 1.54 bits per heavy atom. The van der Waals surface area contributed by atoms with Crippen LogP contribution < -0.4 is 4.90 Å². The standard InChI is InChI=1S/C25H17N3/c1-2-7-19-15(5-1)11-17-13-18-12-16-6-3-10-27-25(16)28-22-8-4-9-26-21(22)14-20(23(17)19)24(18)28/h1-10,13H,11-12,14H2. The van der Waals surface area contributed by atoms with Gasteiger partial charge < -0.3 is 0 Å². The van der Waals surface area contributed by atoms with Crippen molar-refractivity contribution in [1.29, 1.82) is 0 Å². The minimum Gasteiger partial charge on any atom is -0.292 e. The Balaban J connectivity index is 1.60. The lowest BCUT2D eigenvalue weighted by atomic mass is 9.84. The molecule has 28 heavy (non-hydrogen) atoms. The Bertz CT molecular complexity index is 1290. The molecule has 0 spiro atoms. The smallest absolute Gasteiger partial charge is 0.141 e. The van der Waals surface area contributed by atoms with Crippen LogP contribution in [0.5, 0.6) is 0 Å². The summed E-state index contributed by atoms with van der Waals surface area (Å²) in [6, 6.07) is 19.8. The fourth-order valence-corrected chi connectivity index (χ4v) is 5.29. The summed E-state index contributed by atoms with van der Waals surface area (Å²) in [5.74, 6) is 1.05. The molecule has 0 saturated carbocycles. The summed E-state index contributed by atoms with van der Waals surface area (Å²) in [5, 5.41) is 0. The number of pyridine rings is 2. The summed E-state index contributed by atoms with van der Waals surface area (Å²) in [6.45, 7) is 0. The van der Waals surface area contributed by atoms with E-state index in [9.17, 15) is 0 Å². The van der Waals surface area contributed by atoms with E-state index in [0.717, 1.165) is 30.8 Å². The molecule has 0 atom stereocenters. The van der Waals surface area contributed by atoms with Crippen LogP contribution >= 0.6 is 0 Å². The van der Waals surface area contributed by atoms with E-state index in [2.05, 4.69) is 47.4 Å². The number of hydrogen-bond donors (Lipinski definition) is 0. The minimum atomic E-state index is 0.884. The number of aromatic nitrogens is 2. The van der Waals surface area contributed by atoms with Crippen molar-refractivity contribution in [2.75, 3.05) is 4.90 Å². The maximum absolute atomic E-state index is 4.78.